The number of nitrogens with zero attached hydrogens (tertiary/aromatic N) is 1. The third kappa shape index (κ3) is 4.38. The Hall–Kier alpha value is -3.20. The number of piperidine rings is 1. The number of hydrogen-bond donors (Lipinski definition) is 3. The highest BCUT2D eigenvalue weighted by Gasteiger charge is 2.40. The highest BCUT2D eigenvalue weighted by molar-refractivity contribution is 7.10. The van der Waals surface area contributed by atoms with Gasteiger partial charge < -0.3 is 15.5 Å². The van der Waals surface area contributed by atoms with Gasteiger partial charge in [0.15, 0.2) is 0 Å². The van der Waals surface area contributed by atoms with Crippen LogP contribution in [-0.4, -0.2) is 34.7 Å². The number of rotatable bonds is 4. The molecule has 1 saturated heterocycles. The van der Waals surface area contributed by atoms with Crippen LogP contribution in [-0.2, 0) is 28.1 Å². The molecule has 3 heterocycles. The molecule has 0 aliphatic carbocycles. The highest BCUT2D eigenvalue weighted by atomic mass is 32.1. The molecule has 9 heteroatoms. The summed E-state index contributed by atoms with van der Waals surface area (Å²) >= 11 is 1.41. The van der Waals surface area contributed by atoms with Crippen LogP contribution in [0.5, 0.6) is 0 Å². The van der Waals surface area contributed by atoms with Gasteiger partial charge in [0.05, 0.1) is 12.1 Å². The lowest BCUT2D eigenvalue weighted by atomic mass is 9.87. The first-order valence-corrected chi connectivity index (χ1v) is 11.4. The Kier molecular flexibility index (Phi) is 5.77. The van der Waals surface area contributed by atoms with Crippen molar-refractivity contribution in [2.75, 3.05) is 5.32 Å². The van der Waals surface area contributed by atoms with E-state index in [4.69, 9.17) is 0 Å². The molecular weight excluding hydrogens is 428 g/mol. The quantitative estimate of drug-likeness (QED) is 0.617. The molecule has 1 aromatic carbocycles. The van der Waals surface area contributed by atoms with Gasteiger partial charge in [-0.05, 0) is 35.1 Å². The van der Waals surface area contributed by atoms with Crippen LogP contribution in [0.2, 0.25) is 0 Å². The van der Waals surface area contributed by atoms with E-state index in [1.54, 1.807) is 5.38 Å². The van der Waals surface area contributed by atoms with Gasteiger partial charge in [0, 0.05) is 28.9 Å². The van der Waals surface area contributed by atoms with Crippen molar-refractivity contribution in [3.05, 3.63) is 51.2 Å². The predicted octanol–water partition coefficient (Wildman–Crippen LogP) is 3.13. The molecule has 5 amide bonds. The normalized spacial score (nSPS) is 18.4. The van der Waals surface area contributed by atoms with Crippen molar-refractivity contribution in [2.45, 2.75) is 58.2 Å². The van der Waals surface area contributed by atoms with Crippen molar-refractivity contribution in [1.82, 2.24) is 15.5 Å². The molecule has 0 spiro atoms. The van der Waals surface area contributed by atoms with Crippen LogP contribution in [0, 0.1) is 0 Å². The van der Waals surface area contributed by atoms with Gasteiger partial charge in [-0.1, -0.05) is 32.9 Å². The molecule has 0 radical (unpaired) electrons. The van der Waals surface area contributed by atoms with Gasteiger partial charge in [-0.3, -0.25) is 19.7 Å². The first kappa shape index (κ1) is 22.0. The van der Waals surface area contributed by atoms with Crippen LogP contribution in [0.4, 0.5) is 10.5 Å². The first-order chi connectivity index (χ1) is 15.1. The maximum absolute atomic E-state index is 12.8. The Balaban J connectivity index is 1.36. The van der Waals surface area contributed by atoms with Crippen molar-refractivity contribution >= 4 is 40.8 Å². The Morgan fingerprint density at radius 3 is 2.56 bits per heavy atom. The molecule has 3 N–H and O–H groups in total. The molecule has 0 bridgehead atoms. The topological polar surface area (TPSA) is 108 Å². The van der Waals surface area contributed by atoms with Gasteiger partial charge in [-0.2, -0.15) is 0 Å². The summed E-state index contributed by atoms with van der Waals surface area (Å²) in [4.78, 5) is 51.1. The van der Waals surface area contributed by atoms with E-state index in [9.17, 15) is 19.2 Å². The number of thiophene rings is 1. The van der Waals surface area contributed by atoms with Crippen LogP contribution in [0.1, 0.15) is 60.0 Å². The molecule has 0 saturated carbocycles. The first-order valence-electron chi connectivity index (χ1n) is 10.5. The van der Waals surface area contributed by atoms with Gasteiger partial charge in [0.1, 0.15) is 6.04 Å². The molecule has 1 unspecified atom stereocenters. The molecule has 1 fully saturated rings. The zero-order valence-electron chi connectivity index (χ0n) is 18.3. The minimum atomic E-state index is -0.641. The molecule has 32 heavy (non-hydrogen) atoms. The Morgan fingerprint density at radius 1 is 1.19 bits per heavy atom. The molecule has 4 rings (SSSR count). The summed E-state index contributed by atoms with van der Waals surface area (Å²) in [6.07, 6.45) is 0.548. The summed E-state index contributed by atoms with van der Waals surface area (Å²) in [6.45, 7) is 6.98. The summed E-state index contributed by atoms with van der Waals surface area (Å²) in [5.74, 6) is -0.948. The number of amides is 5. The summed E-state index contributed by atoms with van der Waals surface area (Å²) < 4.78 is 0. The van der Waals surface area contributed by atoms with E-state index < -0.39 is 11.9 Å². The minimum absolute atomic E-state index is 0.0412. The maximum Gasteiger partial charge on any atom is 0.319 e. The van der Waals surface area contributed by atoms with Crippen molar-refractivity contribution in [2.24, 2.45) is 0 Å². The lowest BCUT2D eigenvalue weighted by molar-refractivity contribution is -0.136. The summed E-state index contributed by atoms with van der Waals surface area (Å²) in [7, 11) is 0. The van der Waals surface area contributed by atoms with Crippen LogP contribution in [0.3, 0.4) is 0 Å². The molecule has 8 nitrogen and oxygen atoms in total. The monoisotopic (exact) mass is 454 g/mol. The fraction of sp³-hybridized carbons (Fsp3) is 0.391. The van der Waals surface area contributed by atoms with Gasteiger partial charge in [-0.25, -0.2) is 4.79 Å². The van der Waals surface area contributed by atoms with Crippen LogP contribution in [0.15, 0.2) is 29.6 Å². The van der Waals surface area contributed by atoms with E-state index in [0.717, 1.165) is 10.4 Å². The smallest absolute Gasteiger partial charge is 0.319 e. The summed E-state index contributed by atoms with van der Waals surface area (Å²) in [5, 5.41) is 9.73. The fourth-order valence-corrected chi connectivity index (χ4v) is 4.92. The Bertz CT molecular complexity index is 1080. The average Bonchev–Trinajstić information content (AvgIpc) is 3.26. The highest BCUT2D eigenvalue weighted by Crippen LogP contribution is 2.33. The van der Waals surface area contributed by atoms with E-state index in [1.165, 1.54) is 21.8 Å². The fourth-order valence-electron chi connectivity index (χ4n) is 3.94. The van der Waals surface area contributed by atoms with E-state index in [0.29, 0.717) is 24.2 Å². The van der Waals surface area contributed by atoms with Crippen molar-refractivity contribution in [1.29, 1.82) is 0 Å². The van der Waals surface area contributed by atoms with E-state index in [2.05, 4.69) is 36.7 Å². The zero-order valence-corrected chi connectivity index (χ0v) is 19.1. The zero-order chi connectivity index (χ0) is 23.0. The summed E-state index contributed by atoms with van der Waals surface area (Å²) in [5.41, 5.74) is 3.32. The standard InChI is InChI=1S/C23H26N4O4S/c1-23(2,3)13-4-6-14(7-5-13)25-22(31)24-10-18-15-11-27(21(30)16(15)12-32-18)17-8-9-19(28)26-20(17)29/h4-7,12,17H,8-11H2,1-3H3,(H2,24,25,31)(H,26,28,29). The number of urea groups is 1. The molecular formula is C23H26N4O4S. The second kappa shape index (κ2) is 8.38. The minimum Gasteiger partial charge on any atom is -0.333 e. The molecule has 168 valence electrons. The van der Waals surface area contributed by atoms with Gasteiger partial charge in [0.25, 0.3) is 5.91 Å². The SMILES string of the molecule is CC(C)(C)c1ccc(NC(=O)NCc2scc3c2CN(C2CCC(=O)NC2=O)C3=O)cc1. The van der Waals surface area contributed by atoms with Crippen LogP contribution < -0.4 is 16.0 Å². The number of fused-ring (bicyclic) bond motifs is 1. The Morgan fingerprint density at radius 2 is 1.91 bits per heavy atom. The number of carbonyl (C=O) groups excluding carboxylic acids is 4. The van der Waals surface area contributed by atoms with E-state index in [1.807, 2.05) is 24.3 Å². The van der Waals surface area contributed by atoms with Gasteiger partial charge >= 0.3 is 6.03 Å². The molecule has 2 aromatic rings. The van der Waals surface area contributed by atoms with Crippen LogP contribution >= 0.6 is 11.3 Å². The molecule has 2 aliphatic rings. The van der Waals surface area contributed by atoms with E-state index >= 15 is 0 Å². The number of carbonyl (C=O) groups is 4. The van der Waals surface area contributed by atoms with Gasteiger partial charge in [-0.15, -0.1) is 11.3 Å². The van der Waals surface area contributed by atoms with E-state index in [-0.39, 0.29) is 36.2 Å². The number of hydrogen-bond acceptors (Lipinski definition) is 5. The lowest BCUT2D eigenvalue weighted by Crippen LogP contribution is -2.52. The van der Waals surface area contributed by atoms with Gasteiger partial charge in [0.2, 0.25) is 11.8 Å². The lowest BCUT2D eigenvalue weighted by Gasteiger charge is -2.29. The average molecular weight is 455 g/mol. The maximum atomic E-state index is 12.8. The number of anilines is 1. The molecule has 1 atom stereocenters. The van der Waals surface area contributed by atoms with Crippen molar-refractivity contribution < 1.29 is 19.2 Å². The third-order valence-corrected chi connectivity index (χ3v) is 6.83. The second-order valence-electron chi connectivity index (χ2n) is 9.09. The second-order valence-corrected chi connectivity index (χ2v) is 10.1. The van der Waals surface area contributed by atoms with Crippen LogP contribution in [0.25, 0.3) is 0 Å². The largest absolute Gasteiger partial charge is 0.333 e. The number of benzene rings is 1. The Labute approximate surface area is 190 Å². The number of imide groups is 1. The van der Waals surface area contributed by atoms with Crippen molar-refractivity contribution in [3.8, 4) is 0 Å². The third-order valence-electron chi connectivity index (χ3n) is 5.81. The molecule has 2 aliphatic heterocycles. The summed E-state index contributed by atoms with van der Waals surface area (Å²) in [6, 6.07) is 6.77. The predicted molar refractivity (Wildman–Crippen MR) is 121 cm³/mol. The van der Waals surface area contributed by atoms with Crippen molar-refractivity contribution in [3.63, 3.8) is 0 Å². The molecule has 1 aromatic heterocycles. The number of nitrogens with one attached hydrogen (secondary N) is 3.